The van der Waals surface area contributed by atoms with E-state index in [-0.39, 0.29) is 11.8 Å². The van der Waals surface area contributed by atoms with Crippen LogP contribution in [-0.2, 0) is 11.2 Å². The van der Waals surface area contributed by atoms with Crippen molar-refractivity contribution in [3.8, 4) is 0 Å². The maximum absolute atomic E-state index is 12.1. The minimum atomic E-state index is -0.173. The van der Waals surface area contributed by atoms with Crippen molar-refractivity contribution in [1.29, 1.82) is 0 Å². The van der Waals surface area contributed by atoms with Gasteiger partial charge in [0.05, 0.1) is 5.56 Å². The Morgan fingerprint density at radius 1 is 0.771 bits per heavy atom. The number of hydrogen-bond acceptors (Lipinski definition) is 3. The molecule has 0 aliphatic heterocycles. The maximum atomic E-state index is 12.1. The zero-order valence-electron chi connectivity index (χ0n) is 21.5. The monoisotopic (exact) mass is 477 g/mol. The smallest absolute Gasteiger partial charge is 0.252 e. The van der Waals surface area contributed by atoms with E-state index in [1.165, 1.54) is 0 Å². The van der Waals surface area contributed by atoms with Crippen LogP contribution in [0, 0.1) is 0 Å². The van der Waals surface area contributed by atoms with Gasteiger partial charge in [-0.15, -0.1) is 0 Å². The molecule has 0 aromatic carbocycles. The number of amides is 2. The highest BCUT2D eigenvalue weighted by atomic mass is 16.2. The van der Waals surface area contributed by atoms with Crippen LogP contribution in [-0.4, -0.2) is 29.9 Å². The molecule has 1 heterocycles. The molecule has 2 N–H and O–H groups in total. The summed E-state index contributed by atoms with van der Waals surface area (Å²) in [7, 11) is 0. The molecular formula is C30H43N3O2. The molecule has 5 nitrogen and oxygen atoms in total. The van der Waals surface area contributed by atoms with Crippen molar-refractivity contribution in [1.82, 2.24) is 15.6 Å². The SMILES string of the molecule is CCC=CCC=CCC=CCC=CCC=CCCCC(=O)NCCNC(=O)c1ccc(CC)nc1. The van der Waals surface area contributed by atoms with E-state index in [1.807, 2.05) is 13.0 Å². The molecule has 1 aromatic rings. The summed E-state index contributed by atoms with van der Waals surface area (Å²) in [6.07, 6.45) is 31.4. The van der Waals surface area contributed by atoms with Crippen LogP contribution in [0.25, 0.3) is 0 Å². The number of hydrogen-bond donors (Lipinski definition) is 2. The second-order valence-electron chi connectivity index (χ2n) is 8.10. The normalized spacial score (nSPS) is 12.1. The van der Waals surface area contributed by atoms with E-state index in [0.29, 0.717) is 25.1 Å². The van der Waals surface area contributed by atoms with Crippen molar-refractivity contribution in [2.45, 2.75) is 71.6 Å². The zero-order chi connectivity index (χ0) is 25.4. The van der Waals surface area contributed by atoms with Crippen LogP contribution in [0.5, 0.6) is 0 Å². The summed E-state index contributed by atoms with van der Waals surface area (Å²) >= 11 is 0. The van der Waals surface area contributed by atoms with Gasteiger partial charge >= 0.3 is 0 Å². The minimum Gasteiger partial charge on any atom is -0.354 e. The van der Waals surface area contributed by atoms with Gasteiger partial charge in [0.2, 0.25) is 5.91 Å². The number of rotatable bonds is 18. The molecule has 0 fully saturated rings. The van der Waals surface area contributed by atoms with E-state index < -0.39 is 0 Å². The summed E-state index contributed by atoms with van der Waals surface area (Å²) in [5.41, 5.74) is 1.49. The molecule has 0 aliphatic carbocycles. The molecule has 0 aliphatic rings. The zero-order valence-corrected chi connectivity index (χ0v) is 21.5. The van der Waals surface area contributed by atoms with Gasteiger partial charge in [-0.25, -0.2) is 0 Å². The number of aryl methyl sites for hydroxylation is 1. The summed E-state index contributed by atoms with van der Waals surface area (Å²) in [6.45, 7) is 4.99. The molecule has 35 heavy (non-hydrogen) atoms. The van der Waals surface area contributed by atoms with Crippen molar-refractivity contribution in [2.75, 3.05) is 13.1 Å². The van der Waals surface area contributed by atoms with Crippen LogP contribution in [0.1, 0.15) is 81.3 Å². The Hall–Kier alpha value is -3.21. The number of allylic oxidation sites excluding steroid dienone is 10. The average molecular weight is 478 g/mol. The van der Waals surface area contributed by atoms with Gasteiger partial charge in [0.15, 0.2) is 0 Å². The summed E-state index contributed by atoms with van der Waals surface area (Å²) in [4.78, 5) is 28.2. The van der Waals surface area contributed by atoms with E-state index in [1.54, 1.807) is 12.3 Å². The van der Waals surface area contributed by atoms with Gasteiger partial charge in [-0.3, -0.25) is 14.6 Å². The lowest BCUT2D eigenvalue weighted by atomic mass is 10.2. The maximum Gasteiger partial charge on any atom is 0.252 e. The molecule has 0 radical (unpaired) electrons. The molecule has 2 amide bonds. The fourth-order valence-corrected chi connectivity index (χ4v) is 3.09. The molecule has 1 aromatic heterocycles. The van der Waals surface area contributed by atoms with Crippen LogP contribution in [0.2, 0.25) is 0 Å². The van der Waals surface area contributed by atoms with Gasteiger partial charge in [0.25, 0.3) is 5.91 Å². The van der Waals surface area contributed by atoms with Crippen LogP contribution in [0.4, 0.5) is 0 Å². The standard InChI is InChI=1S/C30H43N3O2/c1-3-5-6-7-8-9-10-11-12-13-14-15-16-17-18-19-20-21-29(34)31-24-25-32-30(35)27-22-23-28(4-2)33-26-27/h5-6,8-9,11-12,14-15,17-18,22-23,26H,3-4,7,10,13,16,19-21,24-25H2,1-2H3,(H,31,34)(H,32,35). The van der Waals surface area contributed by atoms with Crippen LogP contribution < -0.4 is 10.6 Å². The largest absolute Gasteiger partial charge is 0.354 e. The van der Waals surface area contributed by atoms with E-state index >= 15 is 0 Å². The predicted molar refractivity (Wildman–Crippen MR) is 147 cm³/mol. The summed E-state index contributed by atoms with van der Waals surface area (Å²) in [5.74, 6) is -0.159. The molecule has 0 saturated heterocycles. The van der Waals surface area contributed by atoms with Crippen molar-refractivity contribution in [3.63, 3.8) is 0 Å². The van der Waals surface area contributed by atoms with Gasteiger partial charge in [-0.05, 0) is 63.5 Å². The summed E-state index contributed by atoms with van der Waals surface area (Å²) in [5, 5.41) is 5.64. The Kier molecular flexibility index (Phi) is 18.2. The van der Waals surface area contributed by atoms with E-state index in [2.05, 4.69) is 83.3 Å². The molecule has 0 atom stereocenters. The van der Waals surface area contributed by atoms with Crippen LogP contribution in [0.3, 0.4) is 0 Å². The van der Waals surface area contributed by atoms with E-state index in [0.717, 1.165) is 57.1 Å². The first-order chi connectivity index (χ1) is 17.2. The highest BCUT2D eigenvalue weighted by Gasteiger charge is 2.05. The van der Waals surface area contributed by atoms with Crippen LogP contribution >= 0.6 is 0 Å². The van der Waals surface area contributed by atoms with E-state index in [9.17, 15) is 9.59 Å². The van der Waals surface area contributed by atoms with Crippen molar-refractivity contribution in [2.24, 2.45) is 0 Å². The molecule has 5 heteroatoms. The van der Waals surface area contributed by atoms with Crippen molar-refractivity contribution < 1.29 is 9.59 Å². The Labute approximate surface area is 212 Å². The topological polar surface area (TPSA) is 71.1 Å². The third kappa shape index (κ3) is 17.0. The Morgan fingerprint density at radius 3 is 1.89 bits per heavy atom. The Morgan fingerprint density at radius 2 is 1.34 bits per heavy atom. The first kappa shape index (κ1) is 29.8. The number of carbonyl (C=O) groups is 2. The number of carbonyl (C=O) groups excluding carboxylic acids is 2. The van der Waals surface area contributed by atoms with Crippen molar-refractivity contribution >= 4 is 11.8 Å². The molecule has 1 rings (SSSR count). The van der Waals surface area contributed by atoms with Gasteiger partial charge in [-0.2, -0.15) is 0 Å². The predicted octanol–water partition coefficient (Wildman–Crippen LogP) is 6.41. The quantitative estimate of drug-likeness (QED) is 0.189. The molecule has 0 unspecified atom stereocenters. The number of unbranched alkanes of at least 4 members (excludes halogenated alkanes) is 1. The van der Waals surface area contributed by atoms with Gasteiger partial charge in [-0.1, -0.05) is 74.6 Å². The van der Waals surface area contributed by atoms with E-state index in [4.69, 9.17) is 0 Å². The summed E-state index contributed by atoms with van der Waals surface area (Å²) < 4.78 is 0. The first-order valence-corrected chi connectivity index (χ1v) is 12.9. The Bertz CT molecular complexity index is 849. The van der Waals surface area contributed by atoms with Crippen molar-refractivity contribution in [3.05, 3.63) is 90.3 Å². The second kappa shape index (κ2) is 21.3. The van der Waals surface area contributed by atoms with Gasteiger partial charge in [0, 0.05) is 31.4 Å². The highest BCUT2D eigenvalue weighted by Crippen LogP contribution is 2.01. The second-order valence-corrected chi connectivity index (χ2v) is 8.10. The number of aromatic nitrogens is 1. The molecule has 190 valence electrons. The Balaban J connectivity index is 1.99. The molecular weight excluding hydrogens is 434 g/mol. The fourth-order valence-electron chi connectivity index (χ4n) is 3.09. The molecule has 0 bridgehead atoms. The number of nitrogens with zero attached hydrogens (tertiary/aromatic N) is 1. The molecule has 0 spiro atoms. The van der Waals surface area contributed by atoms with Crippen LogP contribution in [0.15, 0.2) is 79.1 Å². The van der Waals surface area contributed by atoms with Gasteiger partial charge in [0.1, 0.15) is 0 Å². The number of nitrogens with one attached hydrogen (secondary N) is 2. The molecule has 0 saturated carbocycles. The lowest BCUT2D eigenvalue weighted by molar-refractivity contribution is -0.121. The third-order valence-corrected chi connectivity index (χ3v) is 5.11. The first-order valence-electron chi connectivity index (χ1n) is 12.9. The lowest BCUT2D eigenvalue weighted by Crippen LogP contribution is -2.34. The average Bonchev–Trinajstić information content (AvgIpc) is 2.88. The lowest BCUT2D eigenvalue weighted by Gasteiger charge is -2.07. The number of pyridine rings is 1. The summed E-state index contributed by atoms with van der Waals surface area (Å²) in [6, 6.07) is 3.63. The van der Waals surface area contributed by atoms with Gasteiger partial charge < -0.3 is 10.6 Å². The highest BCUT2D eigenvalue weighted by molar-refractivity contribution is 5.93. The third-order valence-electron chi connectivity index (χ3n) is 5.11. The minimum absolute atomic E-state index is 0.0144. The fraction of sp³-hybridized carbons (Fsp3) is 0.433.